The van der Waals surface area contributed by atoms with E-state index in [0.717, 1.165) is 5.57 Å². The Morgan fingerprint density at radius 3 is 2.23 bits per heavy atom. The van der Waals surface area contributed by atoms with Crippen LogP contribution in [0.4, 0.5) is 13.2 Å². The van der Waals surface area contributed by atoms with Crippen molar-refractivity contribution in [2.24, 2.45) is 0 Å². The van der Waals surface area contributed by atoms with Crippen molar-refractivity contribution in [1.29, 1.82) is 0 Å². The van der Waals surface area contributed by atoms with E-state index in [1.807, 2.05) is 13.8 Å². The molecular formula is C9H14F3N. The summed E-state index contributed by atoms with van der Waals surface area (Å²) in [4.78, 5) is 0. The lowest BCUT2D eigenvalue weighted by atomic mass is 10.2. The minimum Gasteiger partial charge on any atom is -0.300 e. The van der Waals surface area contributed by atoms with E-state index in [1.165, 1.54) is 0 Å². The van der Waals surface area contributed by atoms with E-state index >= 15 is 0 Å². The SMILES string of the molecule is CC(C)=CCNC1(C(F)(F)F)CC1. The predicted molar refractivity (Wildman–Crippen MR) is 45.5 cm³/mol. The highest BCUT2D eigenvalue weighted by Crippen LogP contribution is 2.48. The molecule has 0 bridgehead atoms. The molecule has 0 radical (unpaired) electrons. The van der Waals surface area contributed by atoms with Gasteiger partial charge < -0.3 is 5.32 Å². The van der Waals surface area contributed by atoms with Gasteiger partial charge in [-0.25, -0.2) is 0 Å². The summed E-state index contributed by atoms with van der Waals surface area (Å²) in [6, 6.07) is 0. The van der Waals surface area contributed by atoms with E-state index in [1.54, 1.807) is 6.08 Å². The number of halogens is 3. The number of hydrogen-bond acceptors (Lipinski definition) is 1. The first kappa shape index (κ1) is 10.6. The summed E-state index contributed by atoms with van der Waals surface area (Å²) in [5, 5.41) is 2.54. The summed E-state index contributed by atoms with van der Waals surface area (Å²) in [6.45, 7) is 4.05. The molecule has 0 heterocycles. The summed E-state index contributed by atoms with van der Waals surface area (Å²) in [6.07, 6.45) is -1.89. The van der Waals surface area contributed by atoms with Crippen LogP contribution in [0, 0.1) is 0 Å². The van der Waals surface area contributed by atoms with E-state index < -0.39 is 11.7 Å². The topological polar surface area (TPSA) is 12.0 Å². The van der Waals surface area contributed by atoms with Crippen molar-refractivity contribution < 1.29 is 13.2 Å². The molecule has 0 aromatic carbocycles. The summed E-state index contributed by atoms with van der Waals surface area (Å²) in [5.74, 6) is 0. The Morgan fingerprint density at radius 1 is 1.38 bits per heavy atom. The van der Waals surface area contributed by atoms with E-state index in [-0.39, 0.29) is 12.8 Å². The molecule has 0 aliphatic heterocycles. The Kier molecular flexibility index (Phi) is 2.71. The molecule has 0 saturated heterocycles. The molecule has 1 N–H and O–H groups in total. The monoisotopic (exact) mass is 193 g/mol. The Balaban J connectivity index is 2.41. The Labute approximate surface area is 76.0 Å². The lowest BCUT2D eigenvalue weighted by molar-refractivity contribution is -0.165. The minimum absolute atomic E-state index is 0.215. The minimum atomic E-state index is -4.09. The van der Waals surface area contributed by atoms with Crippen LogP contribution in [0.5, 0.6) is 0 Å². The maximum atomic E-state index is 12.3. The van der Waals surface area contributed by atoms with Gasteiger partial charge in [-0.15, -0.1) is 0 Å². The zero-order valence-electron chi connectivity index (χ0n) is 7.83. The van der Waals surface area contributed by atoms with Crippen molar-refractivity contribution in [3.8, 4) is 0 Å². The van der Waals surface area contributed by atoms with Crippen molar-refractivity contribution in [1.82, 2.24) is 5.32 Å². The highest BCUT2D eigenvalue weighted by Gasteiger charge is 2.62. The van der Waals surface area contributed by atoms with Crippen molar-refractivity contribution in [2.75, 3.05) is 6.54 Å². The first-order valence-electron chi connectivity index (χ1n) is 4.32. The third kappa shape index (κ3) is 2.46. The molecule has 0 aromatic heterocycles. The molecule has 1 aliphatic rings. The molecule has 1 nitrogen and oxygen atoms in total. The van der Waals surface area contributed by atoms with Gasteiger partial charge in [0.1, 0.15) is 5.54 Å². The Bertz CT molecular complexity index is 209. The van der Waals surface area contributed by atoms with Gasteiger partial charge in [-0.05, 0) is 26.7 Å². The van der Waals surface area contributed by atoms with Gasteiger partial charge in [0.2, 0.25) is 0 Å². The van der Waals surface area contributed by atoms with E-state index in [2.05, 4.69) is 5.32 Å². The van der Waals surface area contributed by atoms with Crippen LogP contribution in [-0.2, 0) is 0 Å². The molecule has 0 atom stereocenters. The van der Waals surface area contributed by atoms with Crippen LogP contribution in [-0.4, -0.2) is 18.3 Å². The van der Waals surface area contributed by atoms with Gasteiger partial charge in [-0.1, -0.05) is 11.6 Å². The van der Waals surface area contributed by atoms with Gasteiger partial charge in [0, 0.05) is 6.54 Å². The van der Waals surface area contributed by atoms with Gasteiger partial charge in [0.15, 0.2) is 0 Å². The molecule has 0 amide bonds. The fourth-order valence-corrected chi connectivity index (χ4v) is 1.14. The largest absolute Gasteiger partial charge is 0.406 e. The van der Waals surface area contributed by atoms with Gasteiger partial charge in [0.05, 0.1) is 0 Å². The van der Waals surface area contributed by atoms with Crippen LogP contribution >= 0.6 is 0 Å². The third-order valence-corrected chi connectivity index (χ3v) is 2.24. The first-order valence-corrected chi connectivity index (χ1v) is 4.32. The van der Waals surface area contributed by atoms with Crippen molar-refractivity contribution >= 4 is 0 Å². The maximum absolute atomic E-state index is 12.3. The van der Waals surface area contributed by atoms with Crippen molar-refractivity contribution in [2.45, 2.75) is 38.4 Å². The number of allylic oxidation sites excluding steroid dienone is 1. The summed E-state index contributed by atoms with van der Waals surface area (Å²) in [7, 11) is 0. The number of rotatable bonds is 3. The lowest BCUT2D eigenvalue weighted by Gasteiger charge is -2.19. The fraction of sp³-hybridized carbons (Fsp3) is 0.778. The molecule has 1 fully saturated rings. The normalized spacial score (nSPS) is 19.8. The molecule has 1 rings (SSSR count). The van der Waals surface area contributed by atoms with Crippen LogP contribution in [0.1, 0.15) is 26.7 Å². The zero-order valence-corrected chi connectivity index (χ0v) is 7.83. The maximum Gasteiger partial charge on any atom is 0.406 e. The summed E-state index contributed by atoms with van der Waals surface area (Å²) < 4.78 is 37.0. The van der Waals surface area contributed by atoms with Crippen LogP contribution in [0.2, 0.25) is 0 Å². The molecule has 13 heavy (non-hydrogen) atoms. The third-order valence-electron chi connectivity index (χ3n) is 2.24. The zero-order chi connectivity index (χ0) is 10.1. The van der Waals surface area contributed by atoms with Crippen molar-refractivity contribution in [3.63, 3.8) is 0 Å². The Morgan fingerprint density at radius 2 is 1.92 bits per heavy atom. The van der Waals surface area contributed by atoms with Crippen molar-refractivity contribution in [3.05, 3.63) is 11.6 Å². The van der Waals surface area contributed by atoms with Gasteiger partial charge >= 0.3 is 6.18 Å². The highest BCUT2D eigenvalue weighted by atomic mass is 19.4. The van der Waals surface area contributed by atoms with Gasteiger partial charge in [-0.2, -0.15) is 13.2 Å². The molecule has 0 spiro atoms. The van der Waals surface area contributed by atoms with Gasteiger partial charge in [-0.3, -0.25) is 0 Å². The average Bonchev–Trinajstić information content (AvgIpc) is 2.65. The van der Waals surface area contributed by atoms with Gasteiger partial charge in [0.25, 0.3) is 0 Å². The Hall–Kier alpha value is -0.510. The molecule has 76 valence electrons. The van der Waals surface area contributed by atoms with E-state index in [0.29, 0.717) is 6.54 Å². The molecule has 0 unspecified atom stereocenters. The average molecular weight is 193 g/mol. The second-order valence-electron chi connectivity index (χ2n) is 3.74. The number of nitrogens with one attached hydrogen (secondary N) is 1. The lowest BCUT2D eigenvalue weighted by Crippen LogP contribution is -2.44. The second-order valence-corrected chi connectivity index (χ2v) is 3.74. The molecule has 1 saturated carbocycles. The predicted octanol–water partition coefficient (Wildman–Crippen LogP) is 2.64. The number of alkyl halides is 3. The van der Waals surface area contributed by atoms with E-state index in [4.69, 9.17) is 0 Å². The van der Waals surface area contributed by atoms with Crippen LogP contribution in [0.25, 0.3) is 0 Å². The van der Waals surface area contributed by atoms with Crippen LogP contribution < -0.4 is 5.32 Å². The second kappa shape index (κ2) is 3.33. The molecule has 0 aromatic rings. The summed E-state index contributed by atoms with van der Waals surface area (Å²) in [5.41, 5.74) is -0.538. The molecule has 4 heteroatoms. The smallest absolute Gasteiger partial charge is 0.300 e. The quantitative estimate of drug-likeness (QED) is 0.679. The van der Waals surface area contributed by atoms with Crippen LogP contribution in [0.15, 0.2) is 11.6 Å². The summed E-state index contributed by atoms with van der Waals surface area (Å²) >= 11 is 0. The highest BCUT2D eigenvalue weighted by molar-refractivity contribution is 5.09. The van der Waals surface area contributed by atoms with Crippen LogP contribution in [0.3, 0.4) is 0 Å². The first-order chi connectivity index (χ1) is 5.87. The standard InChI is InChI=1S/C9H14F3N/c1-7(2)3-6-13-8(4-5-8)9(10,11)12/h3,13H,4-6H2,1-2H3. The fourth-order valence-electron chi connectivity index (χ4n) is 1.14. The number of hydrogen-bond donors (Lipinski definition) is 1. The van der Waals surface area contributed by atoms with E-state index in [9.17, 15) is 13.2 Å². The molecular weight excluding hydrogens is 179 g/mol. The molecule has 1 aliphatic carbocycles.